The van der Waals surface area contributed by atoms with Gasteiger partial charge in [0.2, 0.25) is 0 Å². The molecule has 2 unspecified atom stereocenters. The van der Waals surface area contributed by atoms with E-state index < -0.39 is 0 Å². The largest absolute Gasteiger partial charge is 0.367 e. The van der Waals surface area contributed by atoms with Crippen LogP contribution in [0.4, 0.5) is 0 Å². The molecule has 2 aromatic rings. The van der Waals surface area contributed by atoms with Gasteiger partial charge in [0.15, 0.2) is 0 Å². The molecule has 25 heavy (non-hydrogen) atoms. The number of nitrogens with one attached hydrogen (secondary N) is 1. The van der Waals surface area contributed by atoms with Crippen LogP contribution < -0.4 is 5.56 Å². The van der Waals surface area contributed by atoms with Crippen LogP contribution in [0, 0.1) is 0 Å². The summed E-state index contributed by atoms with van der Waals surface area (Å²) in [6.07, 6.45) is 2.62. The third-order valence-corrected chi connectivity index (χ3v) is 5.04. The van der Waals surface area contributed by atoms with Crippen molar-refractivity contribution in [1.29, 1.82) is 0 Å². The maximum absolute atomic E-state index is 13.0. The van der Waals surface area contributed by atoms with E-state index in [9.17, 15) is 9.59 Å². The van der Waals surface area contributed by atoms with Crippen LogP contribution in [0.15, 0.2) is 41.2 Å². The molecule has 1 aliphatic carbocycles. The first kappa shape index (κ1) is 16.1. The molecule has 1 N–H and O–H groups in total. The number of carbonyl (C=O) groups excluding carboxylic acids is 1. The first-order valence-electron chi connectivity index (χ1n) is 8.86. The van der Waals surface area contributed by atoms with Crippen molar-refractivity contribution < 1.29 is 9.53 Å². The van der Waals surface area contributed by atoms with Crippen LogP contribution in [-0.2, 0) is 17.6 Å². The van der Waals surface area contributed by atoms with Crippen LogP contribution >= 0.6 is 0 Å². The van der Waals surface area contributed by atoms with Crippen LogP contribution in [0.25, 0.3) is 0 Å². The minimum atomic E-state index is -0.277. The molecule has 5 heteroatoms. The second kappa shape index (κ2) is 6.48. The van der Waals surface area contributed by atoms with E-state index >= 15 is 0 Å². The molecule has 1 saturated heterocycles. The Kier molecular flexibility index (Phi) is 4.17. The van der Waals surface area contributed by atoms with E-state index in [4.69, 9.17) is 4.74 Å². The van der Waals surface area contributed by atoms with Gasteiger partial charge in [-0.05, 0) is 43.4 Å². The van der Waals surface area contributed by atoms with Gasteiger partial charge in [-0.15, -0.1) is 0 Å². The maximum atomic E-state index is 13.0. The van der Waals surface area contributed by atoms with Gasteiger partial charge in [-0.3, -0.25) is 9.59 Å². The van der Waals surface area contributed by atoms with Gasteiger partial charge in [0.1, 0.15) is 11.7 Å². The predicted molar refractivity (Wildman–Crippen MR) is 94.7 cm³/mol. The first-order chi connectivity index (χ1) is 12.1. The summed E-state index contributed by atoms with van der Waals surface area (Å²) < 4.78 is 6.01. The second-order valence-corrected chi connectivity index (χ2v) is 6.93. The van der Waals surface area contributed by atoms with Gasteiger partial charge in [0.25, 0.3) is 11.5 Å². The van der Waals surface area contributed by atoms with Gasteiger partial charge in [0, 0.05) is 12.2 Å². The number of benzene rings is 1. The highest BCUT2D eigenvalue weighted by molar-refractivity contribution is 5.94. The quantitative estimate of drug-likeness (QED) is 0.915. The molecule has 0 bridgehead atoms. The average molecular weight is 338 g/mol. The average Bonchev–Trinajstić information content (AvgIpc) is 3.08. The highest BCUT2D eigenvalue weighted by Crippen LogP contribution is 2.26. The molecule has 130 valence electrons. The van der Waals surface area contributed by atoms with Crippen LogP contribution in [0.3, 0.4) is 0 Å². The fraction of sp³-hybridized carbons (Fsp3) is 0.400. The molecular weight excluding hydrogens is 316 g/mol. The highest BCUT2D eigenvalue weighted by atomic mass is 16.5. The van der Waals surface area contributed by atoms with E-state index in [2.05, 4.69) is 4.98 Å². The Morgan fingerprint density at radius 3 is 2.80 bits per heavy atom. The van der Waals surface area contributed by atoms with Crippen molar-refractivity contribution in [2.45, 2.75) is 38.4 Å². The first-order valence-corrected chi connectivity index (χ1v) is 8.86. The van der Waals surface area contributed by atoms with Crippen molar-refractivity contribution in [3.8, 4) is 0 Å². The summed E-state index contributed by atoms with van der Waals surface area (Å²) in [7, 11) is 0. The zero-order valence-electron chi connectivity index (χ0n) is 14.3. The van der Waals surface area contributed by atoms with E-state index in [-0.39, 0.29) is 29.2 Å². The number of carbonyl (C=O) groups is 1. The van der Waals surface area contributed by atoms with Crippen molar-refractivity contribution in [3.63, 3.8) is 0 Å². The number of aromatic amines is 1. The Bertz CT molecular complexity index is 844. The number of aromatic nitrogens is 1. The summed E-state index contributed by atoms with van der Waals surface area (Å²) in [5, 5.41) is 0. The Morgan fingerprint density at radius 1 is 1.20 bits per heavy atom. The fourth-order valence-corrected chi connectivity index (χ4v) is 3.81. The van der Waals surface area contributed by atoms with Crippen LogP contribution in [-0.4, -0.2) is 35.0 Å². The number of hydrogen-bond donors (Lipinski definition) is 1. The zero-order valence-corrected chi connectivity index (χ0v) is 14.3. The van der Waals surface area contributed by atoms with Crippen LogP contribution in [0.5, 0.6) is 0 Å². The standard InChI is InChI=1S/C20H22N2O3/c1-13-11-22(12-18(25-13)14-6-3-2-4-7-14)20(24)16-10-15-8-5-9-17(15)21-19(16)23/h2-4,6-7,10,13,18H,5,8-9,11-12H2,1H3,(H,21,23). The number of rotatable bonds is 2. The summed E-state index contributed by atoms with van der Waals surface area (Å²) >= 11 is 0. The molecule has 1 fully saturated rings. The molecular formula is C20H22N2O3. The van der Waals surface area contributed by atoms with E-state index in [1.807, 2.05) is 37.3 Å². The van der Waals surface area contributed by atoms with Crippen molar-refractivity contribution in [1.82, 2.24) is 9.88 Å². The number of nitrogens with zero attached hydrogens (tertiary/aromatic N) is 1. The van der Waals surface area contributed by atoms with Crippen molar-refractivity contribution in [2.75, 3.05) is 13.1 Å². The van der Waals surface area contributed by atoms with Gasteiger partial charge < -0.3 is 14.6 Å². The maximum Gasteiger partial charge on any atom is 0.261 e. The number of pyridine rings is 1. The minimum absolute atomic E-state index is 0.0728. The summed E-state index contributed by atoms with van der Waals surface area (Å²) in [5.41, 5.74) is 3.11. The van der Waals surface area contributed by atoms with Crippen LogP contribution in [0.1, 0.15) is 46.6 Å². The zero-order chi connectivity index (χ0) is 17.4. The third-order valence-electron chi connectivity index (χ3n) is 5.04. The van der Waals surface area contributed by atoms with Gasteiger partial charge >= 0.3 is 0 Å². The van der Waals surface area contributed by atoms with Gasteiger partial charge in [-0.1, -0.05) is 30.3 Å². The second-order valence-electron chi connectivity index (χ2n) is 6.93. The predicted octanol–water partition coefficient (Wildman–Crippen LogP) is 2.47. The fourth-order valence-electron chi connectivity index (χ4n) is 3.81. The molecule has 2 atom stereocenters. The summed E-state index contributed by atoms with van der Waals surface area (Å²) in [5.74, 6) is -0.202. The molecule has 0 saturated carbocycles. The normalized spacial score (nSPS) is 22.7. The third kappa shape index (κ3) is 3.12. The van der Waals surface area contributed by atoms with E-state index in [0.717, 1.165) is 36.1 Å². The molecule has 1 aromatic carbocycles. The number of H-pyrrole nitrogens is 1. The number of morpholine rings is 1. The van der Waals surface area contributed by atoms with E-state index in [1.165, 1.54) is 0 Å². The SMILES string of the molecule is CC1CN(C(=O)c2cc3c([nH]c2=O)CCC3)CC(c2ccccc2)O1. The van der Waals surface area contributed by atoms with Crippen molar-refractivity contribution in [2.24, 2.45) is 0 Å². The van der Waals surface area contributed by atoms with Crippen LogP contribution in [0.2, 0.25) is 0 Å². The summed E-state index contributed by atoms with van der Waals surface area (Å²) in [6, 6.07) is 11.7. The van der Waals surface area contributed by atoms with Gasteiger partial charge in [-0.25, -0.2) is 0 Å². The molecule has 5 nitrogen and oxygen atoms in total. The summed E-state index contributed by atoms with van der Waals surface area (Å²) in [4.78, 5) is 30.0. The smallest absolute Gasteiger partial charge is 0.261 e. The monoisotopic (exact) mass is 338 g/mol. The Hall–Kier alpha value is -2.40. The number of ether oxygens (including phenoxy) is 1. The van der Waals surface area contributed by atoms with Crippen molar-refractivity contribution in [3.05, 3.63) is 69.1 Å². The lowest BCUT2D eigenvalue weighted by molar-refractivity contribution is -0.0692. The van der Waals surface area contributed by atoms with E-state index in [0.29, 0.717) is 13.1 Å². The Balaban J connectivity index is 1.60. The topological polar surface area (TPSA) is 62.4 Å². The molecule has 4 rings (SSSR count). The molecule has 1 amide bonds. The minimum Gasteiger partial charge on any atom is -0.367 e. The summed E-state index contributed by atoms with van der Waals surface area (Å²) in [6.45, 7) is 2.92. The number of amides is 1. The van der Waals surface area contributed by atoms with Gasteiger partial charge in [-0.2, -0.15) is 0 Å². The molecule has 0 radical (unpaired) electrons. The lowest BCUT2D eigenvalue weighted by Crippen LogP contribution is -2.47. The molecule has 1 aromatic heterocycles. The Labute approximate surface area is 146 Å². The molecule has 2 aliphatic rings. The number of hydrogen-bond acceptors (Lipinski definition) is 3. The lowest BCUT2D eigenvalue weighted by atomic mass is 10.1. The molecule has 1 aliphatic heterocycles. The van der Waals surface area contributed by atoms with Gasteiger partial charge in [0.05, 0.1) is 12.6 Å². The van der Waals surface area contributed by atoms with E-state index in [1.54, 1.807) is 11.0 Å². The molecule has 0 spiro atoms. The number of aryl methyl sites for hydroxylation is 2. The van der Waals surface area contributed by atoms with Crippen molar-refractivity contribution >= 4 is 5.91 Å². The lowest BCUT2D eigenvalue weighted by Gasteiger charge is -2.37. The molecule has 2 heterocycles. The highest BCUT2D eigenvalue weighted by Gasteiger charge is 2.31. The number of fused-ring (bicyclic) bond motifs is 1. The Morgan fingerprint density at radius 2 is 2.00 bits per heavy atom.